The maximum Gasteiger partial charge on any atom is 0.143 e. The first-order valence-corrected chi connectivity index (χ1v) is 9.15. The van der Waals surface area contributed by atoms with Gasteiger partial charge in [-0.15, -0.1) is 0 Å². The highest BCUT2D eigenvalue weighted by Gasteiger charge is 2.35. The Morgan fingerprint density at radius 3 is 2.75 bits per heavy atom. The van der Waals surface area contributed by atoms with Gasteiger partial charge in [-0.25, -0.2) is 9.97 Å². The van der Waals surface area contributed by atoms with E-state index in [-0.39, 0.29) is 0 Å². The minimum atomic E-state index is 0.430. The maximum absolute atomic E-state index is 11.8. The van der Waals surface area contributed by atoms with Crippen molar-refractivity contribution in [2.45, 2.75) is 19.3 Å². The van der Waals surface area contributed by atoms with Gasteiger partial charge in [-0.2, -0.15) is 0 Å². The van der Waals surface area contributed by atoms with Crippen LogP contribution in [0.3, 0.4) is 0 Å². The van der Waals surface area contributed by atoms with Crippen molar-refractivity contribution in [3.8, 4) is 0 Å². The molecule has 2 aliphatic rings. The molecule has 5 rings (SSSR count). The Morgan fingerprint density at radius 1 is 1.17 bits per heavy atom. The first-order chi connectivity index (χ1) is 11.7. The minimum absolute atomic E-state index is 0.430. The molecule has 1 saturated heterocycles. The molecule has 1 aliphatic carbocycles. The molecule has 2 aromatic heterocycles. The second-order valence-corrected chi connectivity index (χ2v) is 7.97. The van der Waals surface area contributed by atoms with Crippen LogP contribution in [-0.4, -0.2) is 33.8 Å². The number of carbonyl (C=O) groups is 1. The van der Waals surface area contributed by atoms with E-state index in [1.54, 1.807) is 6.33 Å². The summed E-state index contributed by atoms with van der Waals surface area (Å²) in [6.45, 7) is 1.82. The fraction of sp³-hybridized carbons (Fsp3) is 0.389. The summed E-state index contributed by atoms with van der Waals surface area (Å²) in [6.07, 6.45) is 4.26. The van der Waals surface area contributed by atoms with Crippen molar-refractivity contribution in [1.29, 1.82) is 0 Å². The monoisotopic (exact) mass is 384 g/mol. The third kappa shape index (κ3) is 2.24. The van der Waals surface area contributed by atoms with Crippen molar-refractivity contribution in [2.24, 2.45) is 11.8 Å². The smallest absolute Gasteiger partial charge is 0.143 e. The van der Waals surface area contributed by atoms with Gasteiger partial charge in [0.1, 0.15) is 23.6 Å². The number of benzene rings is 1. The van der Waals surface area contributed by atoms with Crippen molar-refractivity contribution < 1.29 is 4.79 Å². The summed E-state index contributed by atoms with van der Waals surface area (Å²) in [4.78, 5) is 26.7. The Kier molecular flexibility index (Phi) is 3.16. The predicted octanol–water partition coefficient (Wildman–Crippen LogP) is 3.68. The molecule has 2 unspecified atom stereocenters. The Hall–Kier alpha value is -1.95. The molecule has 2 atom stereocenters. The van der Waals surface area contributed by atoms with Gasteiger partial charge in [0.2, 0.25) is 0 Å². The quantitative estimate of drug-likeness (QED) is 0.694. The average Bonchev–Trinajstić information content (AvgIpc) is 2.91. The highest BCUT2D eigenvalue weighted by atomic mass is 79.9. The van der Waals surface area contributed by atoms with Crippen LogP contribution in [0.2, 0.25) is 0 Å². The van der Waals surface area contributed by atoms with E-state index >= 15 is 0 Å². The number of aromatic nitrogens is 3. The van der Waals surface area contributed by atoms with Gasteiger partial charge in [-0.1, -0.05) is 15.9 Å². The van der Waals surface area contributed by atoms with Gasteiger partial charge in [0.05, 0.1) is 5.39 Å². The molecular formula is C18H17BrN4O. The van der Waals surface area contributed by atoms with Crippen LogP contribution in [0.4, 0.5) is 5.82 Å². The molecule has 0 spiro atoms. The predicted molar refractivity (Wildman–Crippen MR) is 97.1 cm³/mol. The molecule has 1 saturated carbocycles. The van der Waals surface area contributed by atoms with E-state index in [2.05, 4.69) is 47.9 Å². The van der Waals surface area contributed by atoms with Crippen LogP contribution in [0, 0.1) is 11.8 Å². The van der Waals surface area contributed by atoms with Gasteiger partial charge >= 0.3 is 0 Å². The standard InChI is InChI=1S/C18H17BrN4O/c19-12-1-2-15-14(6-12)16-17(22-15)20-9-21-18(16)23-7-10-3-11(8-23)5-13(24)4-10/h1-2,6,9-11H,3-5,7-8H2,(H,20,21,22). The van der Waals surface area contributed by atoms with Crippen molar-refractivity contribution >= 4 is 49.5 Å². The lowest BCUT2D eigenvalue weighted by atomic mass is 9.77. The van der Waals surface area contributed by atoms with Crippen molar-refractivity contribution in [3.63, 3.8) is 0 Å². The van der Waals surface area contributed by atoms with E-state index in [4.69, 9.17) is 0 Å². The lowest BCUT2D eigenvalue weighted by molar-refractivity contribution is -0.123. The third-order valence-corrected chi connectivity index (χ3v) is 5.78. The van der Waals surface area contributed by atoms with Gasteiger partial charge in [-0.3, -0.25) is 4.79 Å². The van der Waals surface area contributed by atoms with Crippen molar-refractivity contribution in [3.05, 3.63) is 29.0 Å². The second kappa shape index (κ2) is 5.28. The van der Waals surface area contributed by atoms with E-state index in [0.717, 1.165) is 58.2 Å². The Bertz CT molecular complexity index is 950. The van der Waals surface area contributed by atoms with Crippen LogP contribution in [0.25, 0.3) is 21.9 Å². The summed E-state index contributed by atoms with van der Waals surface area (Å²) < 4.78 is 1.05. The largest absolute Gasteiger partial charge is 0.355 e. The number of rotatable bonds is 1. The highest BCUT2D eigenvalue weighted by molar-refractivity contribution is 9.10. The number of anilines is 1. The van der Waals surface area contributed by atoms with Crippen LogP contribution in [0.15, 0.2) is 29.0 Å². The average molecular weight is 385 g/mol. The fourth-order valence-corrected chi connectivity index (χ4v) is 4.79. The number of aromatic amines is 1. The molecule has 1 N–H and O–H groups in total. The molecule has 0 radical (unpaired) electrons. The van der Waals surface area contributed by atoms with Gasteiger partial charge < -0.3 is 9.88 Å². The number of piperidine rings is 1. The number of carbonyl (C=O) groups excluding carboxylic acids is 1. The number of hydrogen-bond donors (Lipinski definition) is 1. The number of Topliss-reactive ketones (excluding diaryl/α,β-unsaturated/α-hetero) is 1. The number of halogens is 1. The summed E-state index contributed by atoms with van der Waals surface area (Å²) in [7, 11) is 0. The molecule has 0 amide bonds. The normalized spacial score (nSPS) is 24.0. The van der Waals surface area contributed by atoms with Gasteiger partial charge in [-0.05, 0) is 36.5 Å². The number of H-pyrrole nitrogens is 1. The number of fused-ring (bicyclic) bond motifs is 5. The first kappa shape index (κ1) is 14.4. The van der Waals surface area contributed by atoms with E-state index in [1.165, 1.54) is 6.42 Å². The number of ketones is 1. The molecule has 24 heavy (non-hydrogen) atoms. The van der Waals surface area contributed by atoms with Gasteiger partial charge in [0.25, 0.3) is 0 Å². The van der Waals surface area contributed by atoms with E-state index in [1.807, 2.05) is 6.07 Å². The lowest BCUT2D eigenvalue weighted by Gasteiger charge is -2.41. The lowest BCUT2D eigenvalue weighted by Crippen LogP contribution is -2.45. The SMILES string of the molecule is O=C1CC2CC(C1)CN(c1ncnc3[nH]c4ccc(Br)cc4c13)C2. The Labute approximate surface area is 147 Å². The Morgan fingerprint density at radius 2 is 1.96 bits per heavy atom. The molecule has 3 aromatic rings. The molecule has 6 heteroatoms. The summed E-state index contributed by atoms with van der Waals surface area (Å²) >= 11 is 3.56. The zero-order chi connectivity index (χ0) is 16.3. The summed E-state index contributed by atoms with van der Waals surface area (Å²) in [5, 5.41) is 2.22. The Balaban J connectivity index is 1.65. The third-order valence-electron chi connectivity index (χ3n) is 5.29. The molecule has 122 valence electrons. The van der Waals surface area contributed by atoms with Crippen LogP contribution >= 0.6 is 15.9 Å². The molecule has 1 aromatic carbocycles. The zero-order valence-electron chi connectivity index (χ0n) is 13.1. The second-order valence-electron chi connectivity index (χ2n) is 7.06. The molecule has 1 aliphatic heterocycles. The first-order valence-electron chi connectivity index (χ1n) is 8.36. The molecule has 2 fully saturated rings. The summed E-state index contributed by atoms with van der Waals surface area (Å²) in [6, 6.07) is 6.21. The molecular weight excluding hydrogens is 368 g/mol. The van der Waals surface area contributed by atoms with Crippen LogP contribution in [0.5, 0.6) is 0 Å². The van der Waals surface area contributed by atoms with Crippen LogP contribution in [0.1, 0.15) is 19.3 Å². The summed E-state index contributed by atoms with van der Waals surface area (Å²) in [5.41, 5.74) is 1.95. The number of nitrogens with one attached hydrogen (secondary N) is 1. The van der Waals surface area contributed by atoms with Gasteiger partial charge in [0.15, 0.2) is 0 Å². The zero-order valence-corrected chi connectivity index (χ0v) is 14.7. The topological polar surface area (TPSA) is 61.9 Å². The van der Waals surface area contributed by atoms with E-state index < -0.39 is 0 Å². The number of nitrogens with zero attached hydrogens (tertiary/aromatic N) is 3. The molecule has 3 heterocycles. The van der Waals surface area contributed by atoms with Crippen molar-refractivity contribution in [2.75, 3.05) is 18.0 Å². The van der Waals surface area contributed by atoms with E-state index in [9.17, 15) is 4.79 Å². The highest BCUT2D eigenvalue weighted by Crippen LogP contribution is 2.38. The van der Waals surface area contributed by atoms with Crippen molar-refractivity contribution in [1.82, 2.24) is 15.0 Å². The van der Waals surface area contributed by atoms with E-state index in [0.29, 0.717) is 17.6 Å². The van der Waals surface area contributed by atoms with Gasteiger partial charge in [0, 0.05) is 41.3 Å². The number of hydrogen-bond acceptors (Lipinski definition) is 4. The summed E-state index contributed by atoms with van der Waals surface area (Å²) in [5.74, 6) is 2.35. The maximum atomic E-state index is 11.8. The minimum Gasteiger partial charge on any atom is -0.355 e. The fourth-order valence-electron chi connectivity index (χ4n) is 4.43. The van der Waals surface area contributed by atoms with Crippen LogP contribution < -0.4 is 4.90 Å². The molecule has 2 bridgehead atoms. The van der Waals surface area contributed by atoms with Crippen LogP contribution in [-0.2, 0) is 4.79 Å². The molecule has 5 nitrogen and oxygen atoms in total.